The molecular formula is C14H14N4O3S. The molecule has 0 bridgehead atoms. The van der Waals surface area contributed by atoms with Crippen LogP contribution in [0.1, 0.15) is 33.2 Å². The molecule has 7 nitrogen and oxygen atoms in total. The van der Waals surface area contributed by atoms with Gasteiger partial charge >= 0.3 is 0 Å². The molecule has 0 spiro atoms. The van der Waals surface area contributed by atoms with E-state index in [1.165, 1.54) is 11.8 Å². The Morgan fingerprint density at radius 2 is 2.27 bits per heavy atom. The number of nitrogens with one attached hydrogen (secondary N) is 2. The minimum absolute atomic E-state index is 0.0246. The summed E-state index contributed by atoms with van der Waals surface area (Å²) in [4.78, 5) is 30.4. The van der Waals surface area contributed by atoms with Crippen molar-refractivity contribution in [2.75, 3.05) is 11.6 Å². The van der Waals surface area contributed by atoms with Gasteiger partial charge in [0.25, 0.3) is 11.5 Å². The second-order valence-electron chi connectivity index (χ2n) is 4.56. The summed E-state index contributed by atoms with van der Waals surface area (Å²) in [6, 6.07) is 3.09. The molecule has 2 rings (SSSR count). The number of hydrogen-bond acceptors (Lipinski definition) is 6. The number of aromatic amines is 1. The van der Waals surface area contributed by atoms with Gasteiger partial charge in [-0.05, 0) is 20.1 Å². The lowest BCUT2D eigenvalue weighted by Crippen LogP contribution is -2.20. The molecular weight excluding hydrogens is 304 g/mol. The average molecular weight is 318 g/mol. The summed E-state index contributed by atoms with van der Waals surface area (Å²) in [7, 11) is 0. The summed E-state index contributed by atoms with van der Waals surface area (Å²) >= 11 is 1.47. The van der Waals surface area contributed by atoms with Crippen LogP contribution in [0.2, 0.25) is 0 Å². The Labute approximate surface area is 130 Å². The molecule has 0 unspecified atom stereocenters. The minimum Gasteiger partial charge on any atom is -0.444 e. The second-order valence-corrected chi connectivity index (χ2v) is 5.43. The summed E-state index contributed by atoms with van der Waals surface area (Å²) in [5.41, 5.74) is 0.500. The number of nitriles is 1. The first kappa shape index (κ1) is 15.9. The number of aryl methyl sites for hydroxylation is 1. The average Bonchev–Trinajstić information content (AvgIpc) is 2.73. The number of furan rings is 1. The predicted molar refractivity (Wildman–Crippen MR) is 82.9 cm³/mol. The van der Waals surface area contributed by atoms with Gasteiger partial charge in [0.2, 0.25) is 5.88 Å². The third-order valence-electron chi connectivity index (χ3n) is 3.03. The number of anilines is 1. The number of H-pyrrole nitrogens is 1. The van der Waals surface area contributed by atoms with Crippen LogP contribution in [0.15, 0.2) is 15.3 Å². The molecule has 8 heteroatoms. The number of carbonyl (C=O) groups excluding carboxylic acids is 1. The highest BCUT2D eigenvalue weighted by Gasteiger charge is 2.18. The Balaban J connectivity index is 2.32. The van der Waals surface area contributed by atoms with E-state index < -0.39 is 11.5 Å². The predicted octanol–water partition coefficient (Wildman–Crippen LogP) is 1.97. The number of aromatic nitrogens is 2. The van der Waals surface area contributed by atoms with Crippen LogP contribution in [0, 0.1) is 25.2 Å². The maximum absolute atomic E-state index is 12.2. The summed E-state index contributed by atoms with van der Waals surface area (Å²) in [5, 5.41) is 11.6. The number of carbonyl (C=O) groups is 1. The molecule has 2 N–H and O–H groups in total. The Morgan fingerprint density at radius 3 is 2.91 bits per heavy atom. The molecule has 0 atom stereocenters. The van der Waals surface area contributed by atoms with E-state index in [0.29, 0.717) is 22.9 Å². The van der Waals surface area contributed by atoms with Gasteiger partial charge in [0.1, 0.15) is 28.9 Å². The standard InChI is InChI=1S/C14H14N4O3S/c1-7-8(2)21-14(9(7)5-15)18-13(20)10-4-12(19)17-11(16-10)6-22-3/h4H,6H2,1-3H3,(H,18,20)(H,16,17,19). The van der Waals surface area contributed by atoms with Crippen LogP contribution in [-0.4, -0.2) is 22.1 Å². The molecule has 0 radical (unpaired) electrons. The van der Waals surface area contributed by atoms with Crippen molar-refractivity contribution in [3.05, 3.63) is 44.8 Å². The zero-order valence-electron chi connectivity index (χ0n) is 12.3. The van der Waals surface area contributed by atoms with Crippen molar-refractivity contribution in [2.24, 2.45) is 0 Å². The molecule has 0 saturated carbocycles. The van der Waals surface area contributed by atoms with Crippen LogP contribution in [-0.2, 0) is 5.75 Å². The van der Waals surface area contributed by atoms with Crippen molar-refractivity contribution in [3.8, 4) is 6.07 Å². The van der Waals surface area contributed by atoms with Crippen molar-refractivity contribution in [2.45, 2.75) is 19.6 Å². The lowest BCUT2D eigenvalue weighted by molar-refractivity contribution is 0.101. The van der Waals surface area contributed by atoms with Gasteiger partial charge in [0.15, 0.2) is 0 Å². The van der Waals surface area contributed by atoms with Crippen LogP contribution in [0.4, 0.5) is 5.88 Å². The highest BCUT2D eigenvalue weighted by Crippen LogP contribution is 2.25. The number of rotatable bonds is 4. The van der Waals surface area contributed by atoms with Gasteiger partial charge in [-0.25, -0.2) is 4.98 Å². The van der Waals surface area contributed by atoms with E-state index >= 15 is 0 Å². The zero-order valence-corrected chi connectivity index (χ0v) is 13.1. The first-order valence-corrected chi connectivity index (χ1v) is 7.76. The van der Waals surface area contributed by atoms with E-state index in [1.54, 1.807) is 13.8 Å². The minimum atomic E-state index is -0.598. The topological polar surface area (TPSA) is 112 Å². The van der Waals surface area contributed by atoms with Gasteiger partial charge in [-0.3, -0.25) is 14.9 Å². The van der Waals surface area contributed by atoms with E-state index in [2.05, 4.69) is 15.3 Å². The van der Waals surface area contributed by atoms with Crippen molar-refractivity contribution in [1.82, 2.24) is 9.97 Å². The van der Waals surface area contributed by atoms with Gasteiger partial charge in [0.05, 0.1) is 5.75 Å². The first-order chi connectivity index (χ1) is 10.5. The van der Waals surface area contributed by atoms with E-state index in [1.807, 2.05) is 12.3 Å². The van der Waals surface area contributed by atoms with E-state index in [0.717, 1.165) is 6.07 Å². The van der Waals surface area contributed by atoms with Gasteiger partial charge in [-0.1, -0.05) is 0 Å². The largest absolute Gasteiger partial charge is 0.444 e. The van der Waals surface area contributed by atoms with Crippen molar-refractivity contribution >= 4 is 23.6 Å². The monoisotopic (exact) mass is 318 g/mol. The SMILES string of the molecule is CSCc1nc(C(=O)Nc2oc(C)c(C)c2C#N)cc(=O)[nH]1. The number of hydrogen-bond donors (Lipinski definition) is 2. The number of nitrogens with zero attached hydrogens (tertiary/aromatic N) is 2. The third kappa shape index (κ3) is 3.20. The molecule has 0 fully saturated rings. The Morgan fingerprint density at radius 1 is 1.55 bits per heavy atom. The van der Waals surface area contributed by atoms with Crippen molar-refractivity contribution in [3.63, 3.8) is 0 Å². The molecule has 1 amide bonds. The molecule has 2 aromatic rings. The molecule has 0 aliphatic heterocycles. The molecule has 0 aliphatic rings. The van der Waals surface area contributed by atoms with Crippen LogP contribution in [0.3, 0.4) is 0 Å². The second kappa shape index (κ2) is 6.49. The van der Waals surface area contributed by atoms with Crippen molar-refractivity contribution < 1.29 is 9.21 Å². The first-order valence-electron chi connectivity index (χ1n) is 6.37. The molecule has 114 valence electrons. The van der Waals surface area contributed by atoms with E-state index in [9.17, 15) is 9.59 Å². The van der Waals surface area contributed by atoms with E-state index in [-0.39, 0.29) is 17.1 Å². The summed E-state index contributed by atoms with van der Waals surface area (Å²) in [5.74, 6) is 0.916. The fraction of sp³-hybridized carbons (Fsp3) is 0.286. The lowest BCUT2D eigenvalue weighted by atomic mass is 10.2. The van der Waals surface area contributed by atoms with Crippen LogP contribution >= 0.6 is 11.8 Å². The fourth-order valence-electron chi connectivity index (χ4n) is 1.85. The zero-order chi connectivity index (χ0) is 16.3. The molecule has 2 aromatic heterocycles. The highest BCUT2D eigenvalue weighted by molar-refractivity contribution is 7.97. The Hall–Kier alpha value is -2.53. The smallest absolute Gasteiger partial charge is 0.276 e. The molecule has 0 aliphatic carbocycles. The lowest BCUT2D eigenvalue weighted by Gasteiger charge is -2.04. The molecule has 0 saturated heterocycles. The summed E-state index contributed by atoms with van der Waals surface area (Å²) < 4.78 is 5.36. The fourth-order valence-corrected chi connectivity index (χ4v) is 2.26. The van der Waals surface area contributed by atoms with E-state index in [4.69, 9.17) is 9.68 Å². The third-order valence-corrected chi connectivity index (χ3v) is 3.59. The highest BCUT2D eigenvalue weighted by atomic mass is 32.2. The Kier molecular flexibility index (Phi) is 4.68. The van der Waals surface area contributed by atoms with Gasteiger partial charge in [-0.15, -0.1) is 0 Å². The number of amides is 1. The maximum atomic E-state index is 12.2. The number of thioether (sulfide) groups is 1. The summed E-state index contributed by atoms with van der Waals surface area (Å²) in [6.45, 7) is 3.43. The normalized spacial score (nSPS) is 10.3. The van der Waals surface area contributed by atoms with Gasteiger partial charge in [0, 0.05) is 11.6 Å². The van der Waals surface area contributed by atoms with Gasteiger partial charge in [-0.2, -0.15) is 17.0 Å². The van der Waals surface area contributed by atoms with Crippen LogP contribution < -0.4 is 10.9 Å². The van der Waals surface area contributed by atoms with Crippen molar-refractivity contribution in [1.29, 1.82) is 5.26 Å². The quantitative estimate of drug-likeness (QED) is 0.891. The maximum Gasteiger partial charge on any atom is 0.276 e. The molecule has 2 heterocycles. The van der Waals surface area contributed by atoms with Crippen LogP contribution in [0.25, 0.3) is 0 Å². The summed E-state index contributed by atoms with van der Waals surface area (Å²) in [6.07, 6.45) is 1.86. The van der Waals surface area contributed by atoms with Gasteiger partial charge < -0.3 is 9.40 Å². The Bertz CT molecular complexity index is 816. The molecule has 22 heavy (non-hydrogen) atoms. The molecule has 0 aromatic carbocycles. The van der Waals surface area contributed by atoms with Crippen LogP contribution in [0.5, 0.6) is 0 Å².